The Balaban J connectivity index is 1.07. The average Bonchev–Trinajstić information content (AvgIpc) is 3.99. The van der Waals surface area contributed by atoms with Crippen LogP contribution in [0.2, 0.25) is 0 Å². The molecule has 0 amide bonds. The number of benzene rings is 11. The molecule has 0 saturated heterocycles. The number of anilines is 3. The number of hydrogen-bond acceptors (Lipinski definition) is 2. The van der Waals surface area contributed by atoms with Gasteiger partial charge in [-0.3, -0.25) is 0 Å². The first kappa shape index (κ1) is 34.9. The molecule has 63 heavy (non-hydrogen) atoms. The van der Waals surface area contributed by atoms with Gasteiger partial charge in [0.05, 0.1) is 11.1 Å². The zero-order chi connectivity index (χ0) is 41.2. The maximum Gasteiger partial charge on any atom is 0.0725 e. The molecule has 0 bridgehead atoms. The predicted molar refractivity (Wildman–Crippen MR) is 268 cm³/mol. The molecule has 0 radical (unpaired) electrons. The number of thiophene rings is 1. The summed E-state index contributed by atoms with van der Waals surface area (Å²) >= 11 is 1.87. The van der Waals surface area contributed by atoms with Gasteiger partial charge in [0.2, 0.25) is 0 Å². The third kappa shape index (κ3) is 4.71. The fourth-order valence-corrected chi connectivity index (χ4v) is 12.7. The summed E-state index contributed by atoms with van der Waals surface area (Å²) in [7, 11) is 0. The molecule has 12 aromatic rings. The van der Waals surface area contributed by atoms with Crippen LogP contribution in [0.4, 0.5) is 17.1 Å². The van der Waals surface area contributed by atoms with E-state index in [0.29, 0.717) is 0 Å². The first-order valence-corrected chi connectivity index (χ1v) is 22.7. The van der Waals surface area contributed by atoms with E-state index in [1.165, 1.54) is 108 Å². The highest BCUT2D eigenvalue weighted by Gasteiger charge is 2.51. The summed E-state index contributed by atoms with van der Waals surface area (Å²) in [6.45, 7) is 0. The van der Waals surface area contributed by atoms with Crippen molar-refractivity contribution < 1.29 is 0 Å². The quantitative estimate of drug-likeness (QED) is 0.160. The molecule has 0 N–H and O–H groups in total. The monoisotopic (exact) mass is 815 g/mol. The maximum absolute atomic E-state index is 2.52. The van der Waals surface area contributed by atoms with Crippen molar-refractivity contribution >= 4 is 80.9 Å². The topological polar surface area (TPSA) is 3.24 Å². The fourth-order valence-electron chi connectivity index (χ4n) is 11.6. The second kappa shape index (κ2) is 13.1. The summed E-state index contributed by atoms with van der Waals surface area (Å²) in [6, 6.07) is 84.1. The first-order chi connectivity index (χ1) is 31.3. The molecule has 1 heterocycles. The summed E-state index contributed by atoms with van der Waals surface area (Å²) in [4.78, 5) is 2.52. The molecule has 2 aliphatic carbocycles. The highest BCUT2D eigenvalue weighted by molar-refractivity contribution is 7.25. The van der Waals surface area contributed by atoms with Crippen LogP contribution >= 0.6 is 11.3 Å². The van der Waals surface area contributed by atoms with Crippen molar-refractivity contribution in [2.45, 2.75) is 5.41 Å². The molecule has 0 fully saturated rings. The van der Waals surface area contributed by atoms with Crippen molar-refractivity contribution in [2.75, 3.05) is 4.90 Å². The Labute approximate surface area is 369 Å². The molecule has 0 saturated carbocycles. The molecular formula is C61H37NS. The Bertz CT molecular complexity index is 3810. The number of nitrogens with zero attached hydrogens (tertiary/aromatic N) is 1. The van der Waals surface area contributed by atoms with E-state index in [0.717, 1.165) is 17.1 Å². The summed E-state index contributed by atoms with van der Waals surface area (Å²) < 4.78 is 2.61. The van der Waals surface area contributed by atoms with Crippen molar-refractivity contribution in [1.29, 1.82) is 0 Å². The molecule has 1 nitrogen and oxygen atoms in total. The highest BCUT2D eigenvalue weighted by Crippen LogP contribution is 2.63. The van der Waals surface area contributed by atoms with Crippen molar-refractivity contribution in [3.63, 3.8) is 0 Å². The van der Waals surface area contributed by atoms with Crippen LogP contribution in [0, 0.1) is 0 Å². The van der Waals surface area contributed by atoms with Gasteiger partial charge in [0, 0.05) is 37.1 Å². The lowest BCUT2D eigenvalue weighted by molar-refractivity contribution is 0.794. The number of para-hydroxylation sites is 1. The molecule has 14 rings (SSSR count). The average molecular weight is 816 g/mol. The molecule has 1 aromatic heterocycles. The second-order valence-corrected chi connectivity index (χ2v) is 18.2. The Morgan fingerprint density at radius 3 is 1.40 bits per heavy atom. The van der Waals surface area contributed by atoms with Crippen LogP contribution in [0.15, 0.2) is 224 Å². The Morgan fingerprint density at radius 1 is 0.286 bits per heavy atom. The van der Waals surface area contributed by atoms with E-state index in [-0.39, 0.29) is 0 Å². The lowest BCUT2D eigenvalue weighted by Crippen LogP contribution is -2.25. The van der Waals surface area contributed by atoms with Gasteiger partial charge >= 0.3 is 0 Å². The Hall–Kier alpha value is -7.78. The Morgan fingerprint density at radius 2 is 0.730 bits per heavy atom. The van der Waals surface area contributed by atoms with Gasteiger partial charge in [-0.05, 0) is 125 Å². The highest BCUT2D eigenvalue weighted by atomic mass is 32.1. The van der Waals surface area contributed by atoms with E-state index in [1.54, 1.807) is 0 Å². The van der Waals surface area contributed by atoms with Gasteiger partial charge < -0.3 is 4.90 Å². The molecule has 2 aliphatic rings. The van der Waals surface area contributed by atoms with Crippen LogP contribution < -0.4 is 4.90 Å². The lowest BCUT2D eigenvalue weighted by atomic mass is 9.70. The van der Waals surface area contributed by atoms with Crippen LogP contribution in [0.25, 0.3) is 85.9 Å². The standard InChI is InChI=1S/C61H37NS/c1-2-18-42-40(16-1)41-17-3-4-19-43(41)51-36-38(32-34-44(42)51)62(57-29-13-8-23-48(57)49-25-15-31-59-60(49)50-24-9-14-30-58(50)63-59)39-33-35-56-52(37-39)47-22-7-12-28-55(47)61(56)53-26-10-5-20-45(53)46-21-6-11-27-54(46)61/h1-37H. The first-order valence-electron chi connectivity index (χ1n) is 21.8. The maximum atomic E-state index is 2.52. The summed E-state index contributed by atoms with van der Waals surface area (Å²) in [6.07, 6.45) is 0. The fraction of sp³-hybridized carbons (Fsp3) is 0.0164. The molecule has 292 valence electrons. The van der Waals surface area contributed by atoms with Gasteiger partial charge in [-0.1, -0.05) is 182 Å². The van der Waals surface area contributed by atoms with Crippen LogP contribution in [0.5, 0.6) is 0 Å². The summed E-state index contributed by atoms with van der Waals surface area (Å²) in [5.74, 6) is 0. The predicted octanol–water partition coefficient (Wildman–Crippen LogP) is 17.0. The van der Waals surface area contributed by atoms with Gasteiger partial charge in [0.15, 0.2) is 0 Å². The zero-order valence-electron chi connectivity index (χ0n) is 34.2. The third-order valence-electron chi connectivity index (χ3n) is 14.1. The normalized spacial score (nSPS) is 13.2. The number of hydrogen-bond donors (Lipinski definition) is 0. The number of fused-ring (bicyclic) bond motifs is 19. The minimum atomic E-state index is -0.404. The molecule has 1 spiro atoms. The van der Waals surface area contributed by atoms with Gasteiger partial charge in [-0.2, -0.15) is 0 Å². The van der Waals surface area contributed by atoms with E-state index in [4.69, 9.17) is 0 Å². The van der Waals surface area contributed by atoms with Crippen LogP contribution in [-0.4, -0.2) is 0 Å². The molecule has 2 heteroatoms. The van der Waals surface area contributed by atoms with Crippen molar-refractivity contribution in [1.82, 2.24) is 0 Å². The largest absolute Gasteiger partial charge is 0.310 e. The smallest absolute Gasteiger partial charge is 0.0725 e. The van der Waals surface area contributed by atoms with Crippen molar-refractivity contribution in [3.05, 3.63) is 247 Å². The van der Waals surface area contributed by atoms with Gasteiger partial charge in [-0.25, -0.2) is 0 Å². The molecule has 0 unspecified atom stereocenters. The van der Waals surface area contributed by atoms with E-state index < -0.39 is 5.41 Å². The van der Waals surface area contributed by atoms with Gasteiger partial charge in [0.25, 0.3) is 0 Å². The molecular weight excluding hydrogens is 779 g/mol. The minimum absolute atomic E-state index is 0.404. The molecule has 0 aliphatic heterocycles. The summed E-state index contributed by atoms with van der Waals surface area (Å²) in [5.41, 5.74) is 16.0. The Kier molecular flexibility index (Phi) is 7.26. The summed E-state index contributed by atoms with van der Waals surface area (Å²) in [5, 5.41) is 10.2. The van der Waals surface area contributed by atoms with Gasteiger partial charge in [0.1, 0.15) is 0 Å². The van der Waals surface area contributed by atoms with Gasteiger partial charge in [-0.15, -0.1) is 11.3 Å². The second-order valence-electron chi connectivity index (χ2n) is 17.1. The van der Waals surface area contributed by atoms with E-state index in [9.17, 15) is 0 Å². The van der Waals surface area contributed by atoms with E-state index in [2.05, 4.69) is 229 Å². The van der Waals surface area contributed by atoms with E-state index in [1.807, 2.05) is 11.3 Å². The van der Waals surface area contributed by atoms with E-state index >= 15 is 0 Å². The van der Waals surface area contributed by atoms with Crippen LogP contribution in [0.3, 0.4) is 0 Å². The number of rotatable bonds is 4. The molecule has 11 aromatic carbocycles. The minimum Gasteiger partial charge on any atom is -0.310 e. The zero-order valence-corrected chi connectivity index (χ0v) is 35.0. The van der Waals surface area contributed by atoms with Crippen molar-refractivity contribution in [3.8, 4) is 33.4 Å². The van der Waals surface area contributed by atoms with Crippen molar-refractivity contribution in [2.24, 2.45) is 0 Å². The SMILES string of the molecule is c1ccc(N(c2ccc3c(c2)-c2ccccc2C32c3ccccc3-c3ccccc32)c2ccc3c4ccccc4c4ccccc4c3c2)c(-c2cccc3sc4ccccc4c23)c1. The molecule has 0 atom stereocenters. The van der Waals surface area contributed by atoms with Crippen LogP contribution in [-0.2, 0) is 5.41 Å². The van der Waals surface area contributed by atoms with Crippen LogP contribution in [0.1, 0.15) is 22.3 Å². The lowest BCUT2D eigenvalue weighted by Gasteiger charge is -2.31. The third-order valence-corrected chi connectivity index (χ3v) is 15.2.